The molecule has 1 aliphatic heterocycles. The van der Waals surface area contributed by atoms with E-state index in [1.807, 2.05) is 30.5 Å². The smallest absolute Gasteiger partial charge is 0.221 e. The molecular formula is C26H28N4O3. The number of hydrogen-bond donors (Lipinski definition) is 2. The summed E-state index contributed by atoms with van der Waals surface area (Å²) in [5.74, 6) is 1.04. The summed E-state index contributed by atoms with van der Waals surface area (Å²) in [6.07, 6.45) is 5.08. The molecule has 7 heteroatoms. The van der Waals surface area contributed by atoms with Crippen LogP contribution in [-0.2, 0) is 27.8 Å². The fourth-order valence-electron chi connectivity index (χ4n) is 4.60. The van der Waals surface area contributed by atoms with E-state index in [-0.39, 0.29) is 11.3 Å². The second-order valence-corrected chi connectivity index (χ2v) is 8.66. The highest BCUT2D eigenvalue weighted by atomic mass is 16.5. The van der Waals surface area contributed by atoms with Gasteiger partial charge >= 0.3 is 0 Å². The Balaban J connectivity index is 1.16. The number of amides is 1. The highest BCUT2D eigenvalue weighted by molar-refractivity contribution is 5.83. The van der Waals surface area contributed by atoms with Crippen molar-refractivity contribution < 1.29 is 13.9 Å². The second kappa shape index (κ2) is 9.58. The number of aromatic amines is 1. The van der Waals surface area contributed by atoms with E-state index in [0.29, 0.717) is 50.8 Å². The molecule has 33 heavy (non-hydrogen) atoms. The van der Waals surface area contributed by atoms with E-state index in [9.17, 15) is 4.79 Å². The number of nitrogens with zero attached hydrogens (tertiary/aromatic N) is 2. The predicted octanol–water partition coefficient (Wildman–Crippen LogP) is 3.94. The molecular weight excluding hydrogens is 416 g/mol. The normalized spacial score (nSPS) is 15.5. The van der Waals surface area contributed by atoms with Crippen LogP contribution >= 0.6 is 0 Å². The van der Waals surface area contributed by atoms with Crippen molar-refractivity contribution in [3.05, 3.63) is 83.7 Å². The second-order valence-electron chi connectivity index (χ2n) is 8.66. The van der Waals surface area contributed by atoms with Crippen LogP contribution in [0.2, 0.25) is 0 Å². The van der Waals surface area contributed by atoms with Crippen LogP contribution in [0.5, 0.6) is 0 Å². The highest BCUT2D eigenvalue weighted by Crippen LogP contribution is 2.34. The molecule has 0 spiro atoms. The maximum atomic E-state index is 12.6. The van der Waals surface area contributed by atoms with Crippen molar-refractivity contribution in [2.45, 2.75) is 37.5 Å². The summed E-state index contributed by atoms with van der Waals surface area (Å²) < 4.78 is 11.4. The van der Waals surface area contributed by atoms with Gasteiger partial charge in [0.1, 0.15) is 0 Å². The summed E-state index contributed by atoms with van der Waals surface area (Å²) in [5.41, 5.74) is 3.38. The van der Waals surface area contributed by atoms with Gasteiger partial charge in [-0.1, -0.05) is 48.5 Å². The maximum absolute atomic E-state index is 12.6. The van der Waals surface area contributed by atoms with Crippen LogP contribution in [0.1, 0.15) is 42.2 Å². The molecule has 0 radical (unpaired) electrons. The van der Waals surface area contributed by atoms with Crippen molar-refractivity contribution in [3.8, 4) is 0 Å². The van der Waals surface area contributed by atoms with E-state index in [4.69, 9.17) is 9.15 Å². The van der Waals surface area contributed by atoms with Crippen LogP contribution in [-0.4, -0.2) is 40.8 Å². The van der Waals surface area contributed by atoms with Gasteiger partial charge in [0.2, 0.25) is 17.7 Å². The maximum Gasteiger partial charge on any atom is 0.221 e. The zero-order valence-corrected chi connectivity index (χ0v) is 18.5. The molecule has 2 aromatic heterocycles. The first-order chi connectivity index (χ1) is 16.2. The van der Waals surface area contributed by atoms with Crippen LogP contribution < -0.4 is 5.32 Å². The average molecular weight is 445 g/mol. The first-order valence-corrected chi connectivity index (χ1v) is 11.5. The molecule has 1 saturated heterocycles. The van der Waals surface area contributed by atoms with E-state index in [1.165, 1.54) is 5.56 Å². The summed E-state index contributed by atoms with van der Waals surface area (Å²) in [7, 11) is 0. The fraction of sp³-hybridized carbons (Fsp3) is 0.346. The third-order valence-electron chi connectivity index (χ3n) is 6.55. The van der Waals surface area contributed by atoms with E-state index in [2.05, 4.69) is 50.8 Å². The molecule has 1 aliphatic rings. The molecule has 1 amide bonds. The van der Waals surface area contributed by atoms with E-state index in [1.54, 1.807) is 0 Å². The fourth-order valence-corrected chi connectivity index (χ4v) is 4.60. The summed E-state index contributed by atoms with van der Waals surface area (Å²) >= 11 is 0. The first-order valence-electron chi connectivity index (χ1n) is 11.5. The number of nitrogens with one attached hydrogen (secondary N) is 2. The standard InChI is InChI=1S/C26H28N4O3/c31-23(28-18-26(12-14-32-15-13-26)20-6-2-1-3-7-20)10-11-24-29-30-25(33-24)16-19-17-27-22-9-5-4-8-21(19)22/h1-9,17,27H,10-16,18H2,(H,28,31). The Morgan fingerprint density at radius 1 is 1.00 bits per heavy atom. The molecule has 0 saturated carbocycles. The Bertz CT molecular complexity index is 1210. The molecule has 2 aromatic carbocycles. The van der Waals surface area contributed by atoms with Gasteiger partial charge in [0.05, 0.1) is 6.42 Å². The number of hydrogen-bond acceptors (Lipinski definition) is 5. The van der Waals surface area contributed by atoms with Crippen molar-refractivity contribution >= 4 is 16.8 Å². The third-order valence-corrected chi connectivity index (χ3v) is 6.55. The summed E-state index contributed by atoms with van der Waals surface area (Å²) in [6, 6.07) is 18.5. The van der Waals surface area contributed by atoms with Gasteiger partial charge in [0.25, 0.3) is 0 Å². The Kier molecular flexibility index (Phi) is 6.21. The van der Waals surface area contributed by atoms with Crippen molar-refractivity contribution in [3.63, 3.8) is 0 Å². The van der Waals surface area contributed by atoms with Crippen molar-refractivity contribution in [1.82, 2.24) is 20.5 Å². The Morgan fingerprint density at radius 2 is 1.76 bits per heavy atom. The van der Waals surface area contributed by atoms with Crippen LogP contribution in [0.15, 0.2) is 65.2 Å². The lowest BCUT2D eigenvalue weighted by atomic mass is 9.74. The minimum Gasteiger partial charge on any atom is -0.425 e. The minimum absolute atomic E-state index is 0.00632. The van der Waals surface area contributed by atoms with Gasteiger partial charge < -0.3 is 19.5 Å². The first kappa shape index (κ1) is 21.4. The quantitative estimate of drug-likeness (QED) is 0.429. The molecule has 3 heterocycles. The molecule has 0 unspecified atom stereocenters. The molecule has 7 nitrogen and oxygen atoms in total. The molecule has 170 valence electrons. The number of carbonyl (C=O) groups is 1. The molecule has 0 atom stereocenters. The van der Waals surface area contributed by atoms with Crippen molar-refractivity contribution in [2.75, 3.05) is 19.8 Å². The van der Waals surface area contributed by atoms with Crippen molar-refractivity contribution in [2.24, 2.45) is 0 Å². The predicted molar refractivity (Wildman–Crippen MR) is 125 cm³/mol. The van der Waals surface area contributed by atoms with E-state index < -0.39 is 0 Å². The summed E-state index contributed by atoms with van der Waals surface area (Å²) in [4.78, 5) is 15.9. The van der Waals surface area contributed by atoms with Gasteiger partial charge in [0, 0.05) is 55.1 Å². The molecule has 4 aromatic rings. The average Bonchev–Trinajstić information content (AvgIpc) is 3.50. The third kappa shape index (κ3) is 4.83. The largest absolute Gasteiger partial charge is 0.425 e. The minimum atomic E-state index is -0.0772. The molecule has 0 bridgehead atoms. The summed E-state index contributed by atoms with van der Waals surface area (Å²) in [5, 5.41) is 12.6. The number of rotatable bonds is 8. The van der Waals surface area contributed by atoms with E-state index >= 15 is 0 Å². The highest BCUT2D eigenvalue weighted by Gasteiger charge is 2.34. The number of fused-ring (bicyclic) bond motifs is 1. The molecule has 5 rings (SSSR count). The van der Waals surface area contributed by atoms with Gasteiger partial charge in [-0.25, -0.2) is 0 Å². The lowest BCUT2D eigenvalue weighted by Gasteiger charge is -2.38. The van der Waals surface area contributed by atoms with Gasteiger partial charge in [0.15, 0.2) is 0 Å². The molecule has 2 N–H and O–H groups in total. The zero-order valence-electron chi connectivity index (χ0n) is 18.5. The topological polar surface area (TPSA) is 93.0 Å². The van der Waals surface area contributed by atoms with Crippen LogP contribution in [0.25, 0.3) is 10.9 Å². The van der Waals surface area contributed by atoms with Gasteiger partial charge in [-0.05, 0) is 30.0 Å². The zero-order chi connectivity index (χ0) is 22.5. The number of ether oxygens (including phenoxy) is 1. The van der Waals surface area contributed by atoms with Crippen molar-refractivity contribution in [1.29, 1.82) is 0 Å². The van der Waals surface area contributed by atoms with Gasteiger partial charge in [-0.2, -0.15) is 0 Å². The lowest BCUT2D eigenvalue weighted by Crippen LogP contribution is -2.44. The Labute approximate surface area is 192 Å². The monoisotopic (exact) mass is 444 g/mol. The molecule has 1 fully saturated rings. The number of H-pyrrole nitrogens is 1. The number of carbonyl (C=O) groups excluding carboxylic acids is 1. The molecule has 0 aliphatic carbocycles. The Hall–Kier alpha value is -3.45. The van der Waals surface area contributed by atoms with E-state index in [0.717, 1.165) is 29.3 Å². The number of para-hydroxylation sites is 1. The number of aryl methyl sites for hydroxylation is 1. The van der Waals surface area contributed by atoms with Gasteiger partial charge in [-0.3, -0.25) is 4.79 Å². The number of aromatic nitrogens is 3. The SMILES string of the molecule is O=C(CCc1nnc(Cc2c[nH]c3ccccc23)o1)NCC1(c2ccccc2)CCOCC1. The van der Waals surface area contributed by atoms with Gasteiger partial charge in [-0.15, -0.1) is 10.2 Å². The van der Waals surface area contributed by atoms with Crippen LogP contribution in [0, 0.1) is 0 Å². The van der Waals surface area contributed by atoms with Crippen LogP contribution in [0.3, 0.4) is 0 Å². The number of benzene rings is 2. The lowest BCUT2D eigenvalue weighted by molar-refractivity contribution is -0.121. The Morgan fingerprint density at radius 3 is 2.61 bits per heavy atom. The summed E-state index contributed by atoms with van der Waals surface area (Å²) in [6.45, 7) is 2.03. The van der Waals surface area contributed by atoms with Crippen LogP contribution in [0.4, 0.5) is 0 Å².